The van der Waals surface area contributed by atoms with Crippen LogP contribution in [0, 0.1) is 6.92 Å². The third kappa shape index (κ3) is 3.62. The minimum atomic E-state index is 0.516. The number of nitrogens with one attached hydrogen (secondary N) is 2. The molecule has 0 saturated carbocycles. The summed E-state index contributed by atoms with van der Waals surface area (Å²) < 4.78 is 0. The highest BCUT2D eigenvalue weighted by molar-refractivity contribution is 7.99. The van der Waals surface area contributed by atoms with Crippen molar-refractivity contribution in [2.24, 2.45) is 0 Å². The lowest BCUT2D eigenvalue weighted by Crippen LogP contribution is -2.21. The molecular formula is C14H19N3S. The van der Waals surface area contributed by atoms with Crippen molar-refractivity contribution in [1.29, 1.82) is 0 Å². The molecule has 0 aliphatic rings. The molecule has 0 atom stereocenters. The van der Waals surface area contributed by atoms with E-state index in [1.165, 1.54) is 16.0 Å². The van der Waals surface area contributed by atoms with Gasteiger partial charge in [-0.3, -0.25) is 0 Å². The molecule has 0 aliphatic carbocycles. The fourth-order valence-electron chi connectivity index (χ4n) is 1.67. The van der Waals surface area contributed by atoms with Gasteiger partial charge in [0.25, 0.3) is 0 Å². The molecule has 0 bridgehead atoms. The summed E-state index contributed by atoms with van der Waals surface area (Å²) in [5.74, 6) is 0. The number of hydrogen-bond donors (Lipinski definition) is 2. The van der Waals surface area contributed by atoms with E-state index < -0.39 is 0 Å². The molecule has 3 nitrogen and oxygen atoms in total. The number of rotatable bonds is 5. The van der Waals surface area contributed by atoms with Crippen LogP contribution < -0.4 is 5.32 Å². The van der Waals surface area contributed by atoms with Crippen LogP contribution in [0.15, 0.2) is 40.6 Å². The summed E-state index contributed by atoms with van der Waals surface area (Å²) in [7, 11) is 0. The largest absolute Gasteiger partial charge is 0.339 e. The van der Waals surface area contributed by atoms with E-state index in [2.05, 4.69) is 54.3 Å². The highest BCUT2D eigenvalue weighted by atomic mass is 32.2. The average molecular weight is 261 g/mol. The lowest BCUT2D eigenvalue weighted by Gasteiger charge is -2.10. The standard InChI is InChI=1S/C14H19N3S/c1-10(2)17-9-12-4-5-13(11(3)8-12)18-14-15-6-7-16-14/h4-8,10,17H,9H2,1-3H3,(H,15,16). The zero-order valence-electron chi connectivity index (χ0n) is 11.0. The van der Waals surface area contributed by atoms with Crippen LogP contribution in [0.5, 0.6) is 0 Å². The molecule has 18 heavy (non-hydrogen) atoms. The first-order valence-corrected chi connectivity index (χ1v) is 6.97. The van der Waals surface area contributed by atoms with Crippen LogP contribution in [0.25, 0.3) is 0 Å². The van der Waals surface area contributed by atoms with Crippen LogP contribution in [0.4, 0.5) is 0 Å². The number of benzene rings is 1. The van der Waals surface area contributed by atoms with Gasteiger partial charge in [0, 0.05) is 29.9 Å². The van der Waals surface area contributed by atoms with Gasteiger partial charge in [-0.15, -0.1) is 0 Å². The van der Waals surface area contributed by atoms with Gasteiger partial charge in [0.1, 0.15) is 0 Å². The minimum absolute atomic E-state index is 0.516. The van der Waals surface area contributed by atoms with Crippen LogP contribution in [0.3, 0.4) is 0 Å². The number of aromatic amines is 1. The fraction of sp³-hybridized carbons (Fsp3) is 0.357. The molecule has 0 spiro atoms. The predicted molar refractivity (Wildman–Crippen MR) is 75.9 cm³/mol. The maximum Gasteiger partial charge on any atom is 0.170 e. The van der Waals surface area contributed by atoms with Crippen molar-refractivity contribution in [1.82, 2.24) is 15.3 Å². The summed E-state index contributed by atoms with van der Waals surface area (Å²) in [6.07, 6.45) is 3.62. The second-order valence-corrected chi connectivity index (χ2v) is 5.66. The van der Waals surface area contributed by atoms with Crippen molar-refractivity contribution in [3.05, 3.63) is 41.7 Å². The van der Waals surface area contributed by atoms with Gasteiger partial charge in [0.05, 0.1) is 0 Å². The fourth-order valence-corrected chi connectivity index (χ4v) is 2.47. The Kier molecular flexibility index (Phi) is 4.44. The summed E-state index contributed by atoms with van der Waals surface area (Å²) in [5, 5.41) is 4.36. The Bertz CT molecular complexity index is 492. The van der Waals surface area contributed by atoms with E-state index in [1.54, 1.807) is 18.0 Å². The van der Waals surface area contributed by atoms with Crippen molar-refractivity contribution < 1.29 is 0 Å². The summed E-state index contributed by atoms with van der Waals surface area (Å²) >= 11 is 1.67. The smallest absolute Gasteiger partial charge is 0.170 e. The zero-order chi connectivity index (χ0) is 13.0. The Balaban J connectivity index is 2.05. The van der Waals surface area contributed by atoms with Crippen molar-refractivity contribution in [2.75, 3.05) is 0 Å². The van der Waals surface area contributed by atoms with Gasteiger partial charge >= 0.3 is 0 Å². The number of imidazole rings is 1. The topological polar surface area (TPSA) is 40.7 Å². The molecule has 96 valence electrons. The number of aryl methyl sites for hydroxylation is 1. The Morgan fingerprint density at radius 2 is 2.22 bits per heavy atom. The van der Waals surface area contributed by atoms with Crippen LogP contribution in [-0.4, -0.2) is 16.0 Å². The number of hydrogen-bond acceptors (Lipinski definition) is 3. The predicted octanol–water partition coefficient (Wildman–Crippen LogP) is 3.37. The van der Waals surface area contributed by atoms with Crippen molar-refractivity contribution in [2.45, 2.75) is 43.4 Å². The van der Waals surface area contributed by atoms with Crippen LogP contribution in [0.2, 0.25) is 0 Å². The maximum atomic E-state index is 4.23. The normalized spacial score (nSPS) is 11.1. The van der Waals surface area contributed by atoms with Gasteiger partial charge in [-0.2, -0.15) is 0 Å². The van der Waals surface area contributed by atoms with Gasteiger partial charge in [0.2, 0.25) is 0 Å². The molecule has 0 aliphatic heterocycles. The third-order valence-corrected chi connectivity index (χ3v) is 3.73. The number of aromatic nitrogens is 2. The van der Waals surface area contributed by atoms with Crippen molar-refractivity contribution in [3.8, 4) is 0 Å². The molecule has 1 heterocycles. The molecule has 1 aromatic heterocycles. The summed E-state index contributed by atoms with van der Waals surface area (Å²) in [6, 6.07) is 7.09. The van der Waals surface area contributed by atoms with Gasteiger partial charge in [-0.05, 0) is 24.1 Å². The summed E-state index contributed by atoms with van der Waals surface area (Å²) in [5.41, 5.74) is 2.62. The molecule has 1 aromatic carbocycles. The molecular weight excluding hydrogens is 242 g/mol. The Morgan fingerprint density at radius 1 is 1.39 bits per heavy atom. The second-order valence-electron chi connectivity index (χ2n) is 4.63. The molecule has 4 heteroatoms. The Morgan fingerprint density at radius 3 is 2.83 bits per heavy atom. The van der Waals surface area contributed by atoms with E-state index in [9.17, 15) is 0 Å². The molecule has 2 N–H and O–H groups in total. The van der Waals surface area contributed by atoms with E-state index in [-0.39, 0.29) is 0 Å². The van der Waals surface area contributed by atoms with Crippen LogP contribution >= 0.6 is 11.8 Å². The van der Waals surface area contributed by atoms with Crippen LogP contribution in [0.1, 0.15) is 25.0 Å². The first-order valence-electron chi connectivity index (χ1n) is 6.15. The van der Waals surface area contributed by atoms with Crippen molar-refractivity contribution >= 4 is 11.8 Å². The molecule has 2 rings (SSSR count). The number of nitrogens with zero attached hydrogens (tertiary/aromatic N) is 1. The lowest BCUT2D eigenvalue weighted by atomic mass is 10.1. The number of H-pyrrole nitrogens is 1. The van der Waals surface area contributed by atoms with Gasteiger partial charge in [-0.1, -0.05) is 37.7 Å². The molecule has 0 amide bonds. The Labute approximate surface area is 112 Å². The SMILES string of the molecule is Cc1cc(CNC(C)C)ccc1Sc1ncc[nH]1. The van der Waals surface area contributed by atoms with E-state index >= 15 is 0 Å². The van der Waals surface area contributed by atoms with E-state index in [4.69, 9.17) is 0 Å². The minimum Gasteiger partial charge on any atom is -0.339 e. The first-order chi connectivity index (χ1) is 8.65. The van der Waals surface area contributed by atoms with E-state index in [0.29, 0.717) is 6.04 Å². The Hall–Kier alpha value is -1.26. The van der Waals surface area contributed by atoms with E-state index in [0.717, 1.165) is 11.7 Å². The van der Waals surface area contributed by atoms with Crippen LogP contribution in [-0.2, 0) is 6.54 Å². The summed E-state index contributed by atoms with van der Waals surface area (Å²) in [6.45, 7) is 7.39. The highest BCUT2D eigenvalue weighted by Gasteiger charge is 2.04. The monoisotopic (exact) mass is 261 g/mol. The second kappa shape index (κ2) is 6.07. The molecule has 0 radical (unpaired) electrons. The average Bonchev–Trinajstić information content (AvgIpc) is 2.82. The first kappa shape index (κ1) is 13.2. The summed E-state index contributed by atoms with van der Waals surface area (Å²) in [4.78, 5) is 8.59. The zero-order valence-corrected chi connectivity index (χ0v) is 11.8. The lowest BCUT2D eigenvalue weighted by molar-refractivity contribution is 0.588. The molecule has 2 aromatic rings. The quantitative estimate of drug-likeness (QED) is 0.867. The third-order valence-electron chi connectivity index (χ3n) is 2.63. The highest BCUT2D eigenvalue weighted by Crippen LogP contribution is 2.28. The van der Waals surface area contributed by atoms with E-state index in [1.807, 2.05) is 6.20 Å². The van der Waals surface area contributed by atoms with Gasteiger partial charge in [0.15, 0.2) is 5.16 Å². The van der Waals surface area contributed by atoms with Crippen molar-refractivity contribution in [3.63, 3.8) is 0 Å². The van der Waals surface area contributed by atoms with Gasteiger partial charge in [-0.25, -0.2) is 4.98 Å². The molecule has 0 unspecified atom stereocenters. The van der Waals surface area contributed by atoms with Gasteiger partial charge < -0.3 is 10.3 Å². The molecule has 0 fully saturated rings. The maximum absolute atomic E-state index is 4.23. The molecule has 0 saturated heterocycles.